The zero-order valence-corrected chi connectivity index (χ0v) is 14.3. The molecule has 0 N–H and O–H groups in total. The number of alkyl halides is 3. The van der Waals surface area contributed by atoms with Gasteiger partial charge >= 0.3 is 19.3 Å². The van der Waals surface area contributed by atoms with Gasteiger partial charge in [0, 0.05) is 0 Å². The summed E-state index contributed by atoms with van der Waals surface area (Å²) in [4.78, 5) is 11.9. The van der Waals surface area contributed by atoms with Crippen molar-refractivity contribution in [3.63, 3.8) is 0 Å². The molecule has 1 aliphatic rings. The second kappa shape index (κ2) is 6.08. The maximum absolute atomic E-state index is 13.2. The maximum atomic E-state index is 13.2. The second-order valence-corrected chi connectivity index (χ2v) is 6.65. The van der Waals surface area contributed by atoms with Crippen molar-refractivity contribution in [3.05, 3.63) is 29.3 Å². The van der Waals surface area contributed by atoms with E-state index >= 15 is 0 Å². The minimum Gasteiger partial charge on any atom is -0.462 e. The highest BCUT2D eigenvalue weighted by atomic mass is 19.4. The maximum Gasteiger partial charge on any atom is 0.494 e. The normalized spacial score (nSPS) is 19.4. The molecule has 0 bridgehead atoms. The van der Waals surface area contributed by atoms with E-state index in [4.69, 9.17) is 14.0 Å². The molecule has 0 amide bonds. The van der Waals surface area contributed by atoms with Crippen molar-refractivity contribution in [1.82, 2.24) is 0 Å². The summed E-state index contributed by atoms with van der Waals surface area (Å²) in [6.07, 6.45) is -4.60. The summed E-state index contributed by atoms with van der Waals surface area (Å²) in [6.45, 7) is 8.85. The van der Waals surface area contributed by atoms with Crippen LogP contribution in [0.3, 0.4) is 0 Å². The Hall–Kier alpha value is -1.54. The number of benzene rings is 1. The van der Waals surface area contributed by atoms with Crippen LogP contribution in [0.25, 0.3) is 0 Å². The smallest absolute Gasteiger partial charge is 0.462 e. The van der Waals surface area contributed by atoms with E-state index in [0.717, 1.165) is 12.1 Å². The summed E-state index contributed by atoms with van der Waals surface area (Å²) in [6, 6.07) is 3.02. The number of carbonyl (C=O) groups excluding carboxylic acids is 1. The van der Waals surface area contributed by atoms with Crippen molar-refractivity contribution in [1.29, 1.82) is 0 Å². The fourth-order valence-electron chi connectivity index (χ4n) is 2.26. The number of esters is 1. The molecule has 1 aliphatic heterocycles. The first-order valence-corrected chi connectivity index (χ1v) is 7.62. The van der Waals surface area contributed by atoms with Gasteiger partial charge < -0.3 is 14.0 Å². The first-order valence-electron chi connectivity index (χ1n) is 7.62. The van der Waals surface area contributed by atoms with E-state index in [1.54, 1.807) is 34.6 Å². The van der Waals surface area contributed by atoms with Gasteiger partial charge in [0.2, 0.25) is 0 Å². The Morgan fingerprint density at radius 1 is 1.12 bits per heavy atom. The van der Waals surface area contributed by atoms with Crippen LogP contribution in [0.15, 0.2) is 18.2 Å². The predicted octanol–water partition coefficient (Wildman–Crippen LogP) is 3.18. The highest BCUT2D eigenvalue weighted by Crippen LogP contribution is 2.37. The van der Waals surface area contributed by atoms with Crippen molar-refractivity contribution in [2.24, 2.45) is 0 Å². The second-order valence-electron chi connectivity index (χ2n) is 6.65. The molecule has 0 radical (unpaired) electrons. The first kappa shape index (κ1) is 18.8. The van der Waals surface area contributed by atoms with Gasteiger partial charge in [0.25, 0.3) is 0 Å². The topological polar surface area (TPSA) is 44.8 Å². The molecule has 2 rings (SSSR count). The molecule has 1 aromatic rings. The molecule has 1 fully saturated rings. The van der Waals surface area contributed by atoms with Crippen molar-refractivity contribution >= 4 is 18.6 Å². The number of halogens is 3. The molecule has 0 saturated carbocycles. The van der Waals surface area contributed by atoms with Gasteiger partial charge in [-0.2, -0.15) is 13.2 Å². The molecule has 132 valence electrons. The van der Waals surface area contributed by atoms with Gasteiger partial charge in [0.1, 0.15) is 0 Å². The minimum absolute atomic E-state index is 0.0703. The summed E-state index contributed by atoms with van der Waals surface area (Å²) in [5.74, 6) is -0.818. The van der Waals surface area contributed by atoms with Gasteiger partial charge in [-0.1, -0.05) is 6.07 Å². The summed E-state index contributed by atoms with van der Waals surface area (Å²) >= 11 is 0. The third-order valence-corrected chi connectivity index (χ3v) is 4.32. The number of rotatable bonds is 3. The molecule has 0 spiro atoms. The van der Waals surface area contributed by atoms with Gasteiger partial charge in [0.05, 0.1) is 28.9 Å². The van der Waals surface area contributed by atoms with Crippen molar-refractivity contribution in [2.75, 3.05) is 6.61 Å². The zero-order valence-electron chi connectivity index (χ0n) is 14.3. The van der Waals surface area contributed by atoms with E-state index in [2.05, 4.69) is 0 Å². The SMILES string of the molecule is CCOC(=O)c1cc(B2OC(C)(C)C(C)(C)O2)cc(C(F)(F)F)c1. The number of hydrogen-bond donors (Lipinski definition) is 0. The fraction of sp³-hybridized carbons (Fsp3) is 0.562. The molecule has 0 atom stereocenters. The molecule has 1 saturated heterocycles. The van der Waals surface area contributed by atoms with Crippen LogP contribution in [0.2, 0.25) is 0 Å². The number of hydrogen-bond acceptors (Lipinski definition) is 4. The van der Waals surface area contributed by atoms with Crippen LogP contribution in [0.5, 0.6) is 0 Å². The van der Waals surface area contributed by atoms with E-state index in [1.807, 2.05) is 0 Å². The standard InChI is InChI=1S/C16H20BF3O4/c1-6-22-13(21)10-7-11(16(18,19)20)9-12(8-10)17-23-14(2,3)15(4,5)24-17/h7-9H,6H2,1-5H3. The Balaban J connectivity index is 2.47. The van der Waals surface area contributed by atoms with Crippen LogP contribution in [-0.4, -0.2) is 30.9 Å². The van der Waals surface area contributed by atoms with E-state index in [0.29, 0.717) is 0 Å². The van der Waals surface area contributed by atoms with E-state index in [1.165, 1.54) is 6.07 Å². The van der Waals surface area contributed by atoms with E-state index in [9.17, 15) is 18.0 Å². The molecular formula is C16H20BF3O4. The molecule has 24 heavy (non-hydrogen) atoms. The third-order valence-electron chi connectivity index (χ3n) is 4.32. The van der Waals surface area contributed by atoms with Gasteiger partial charge in [-0.05, 0) is 52.2 Å². The Kier molecular flexibility index (Phi) is 4.76. The Labute approximate surface area is 139 Å². The highest BCUT2D eigenvalue weighted by molar-refractivity contribution is 6.62. The lowest BCUT2D eigenvalue weighted by Crippen LogP contribution is -2.41. The molecule has 0 aliphatic carbocycles. The van der Waals surface area contributed by atoms with Crippen LogP contribution in [0.4, 0.5) is 13.2 Å². The summed E-state index contributed by atoms with van der Waals surface area (Å²) in [5.41, 5.74) is -2.40. The summed E-state index contributed by atoms with van der Waals surface area (Å²) in [7, 11) is -0.995. The molecule has 0 aromatic heterocycles. The summed E-state index contributed by atoms with van der Waals surface area (Å²) in [5, 5.41) is 0. The summed E-state index contributed by atoms with van der Waals surface area (Å²) < 4.78 is 55.8. The Morgan fingerprint density at radius 2 is 1.67 bits per heavy atom. The molecule has 0 unspecified atom stereocenters. The molecule has 4 nitrogen and oxygen atoms in total. The van der Waals surface area contributed by atoms with Gasteiger partial charge in [-0.15, -0.1) is 0 Å². The average Bonchev–Trinajstić information content (AvgIpc) is 2.66. The fourth-order valence-corrected chi connectivity index (χ4v) is 2.26. The van der Waals surface area contributed by atoms with Crippen LogP contribution in [0.1, 0.15) is 50.5 Å². The molecule has 1 aromatic carbocycles. The number of ether oxygens (including phenoxy) is 1. The van der Waals surface area contributed by atoms with Crippen molar-refractivity contribution in [2.45, 2.75) is 52.0 Å². The zero-order chi connectivity index (χ0) is 18.3. The largest absolute Gasteiger partial charge is 0.494 e. The molecule has 8 heteroatoms. The quantitative estimate of drug-likeness (QED) is 0.624. The Bertz CT molecular complexity index is 625. The number of carbonyl (C=O) groups is 1. The third kappa shape index (κ3) is 3.59. The van der Waals surface area contributed by atoms with Crippen LogP contribution >= 0.6 is 0 Å². The van der Waals surface area contributed by atoms with Crippen molar-refractivity contribution in [3.8, 4) is 0 Å². The van der Waals surface area contributed by atoms with Gasteiger partial charge in [-0.25, -0.2) is 4.79 Å². The van der Waals surface area contributed by atoms with Gasteiger partial charge in [0.15, 0.2) is 0 Å². The van der Waals surface area contributed by atoms with E-state index < -0.39 is 36.0 Å². The minimum atomic E-state index is -4.60. The van der Waals surface area contributed by atoms with Crippen LogP contribution < -0.4 is 5.46 Å². The van der Waals surface area contributed by atoms with Gasteiger partial charge in [-0.3, -0.25) is 0 Å². The molecule has 1 heterocycles. The lowest BCUT2D eigenvalue weighted by molar-refractivity contribution is -0.137. The van der Waals surface area contributed by atoms with Crippen LogP contribution in [0, 0.1) is 0 Å². The average molecular weight is 344 g/mol. The molecular weight excluding hydrogens is 324 g/mol. The predicted molar refractivity (Wildman–Crippen MR) is 83.1 cm³/mol. The van der Waals surface area contributed by atoms with Crippen molar-refractivity contribution < 1.29 is 32.0 Å². The first-order chi connectivity index (χ1) is 10.9. The van der Waals surface area contributed by atoms with Crippen LogP contribution in [-0.2, 0) is 20.2 Å². The highest BCUT2D eigenvalue weighted by Gasteiger charge is 2.52. The Morgan fingerprint density at radius 3 is 2.12 bits per heavy atom. The lowest BCUT2D eigenvalue weighted by atomic mass is 9.77. The monoisotopic (exact) mass is 344 g/mol. The van der Waals surface area contributed by atoms with E-state index in [-0.39, 0.29) is 17.6 Å². The lowest BCUT2D eigenvalue weighted by Gasteiger charge is -2.32.